The zero-order valence-electron chi connectivity index (χ0n) is 13.8. The number of likely N-dealkylation sites (tertiary alicyclic amines) is 1. The lowest BCUT2D eigenvalue weighted by molar-refractivity contribution is 0.114. The van der Waals surface area contributed by atoms with Crippen LogP contribution in [0.3, 0.4) is 0 Å². The van der Waals surface area contributed by atoms with Gasteiger partial charge in [0.05, 0.1) is 7.11 Å². The van der Waals surface area contributed by atoms with Crippen molar-refractivity contribution in [2.45, 2.75) is 25.4 Å². The van der Waals surface area contributed by atoms with Crippen molar-refractivity contribution in [3.63, 3.8) is 0 Å². The molecule has 5 heteroatoms. The van der Waals surface area contributed by atoms with Crippen molar-refractivity contribution >= 4 is 0 Å². The largest absolute Gasteiger partial charge is 0.504 e. The molecule has 126 valence electrons. The molecule has 0 spiro atoms. The molecular formula is C19H22N2O3. The van der Waals surface area contributed by atoms with E-state index in [0.717, 1.165) is 31.7 Å². The summed E-state index contributed by atoms with van der Waals surface area (Å²) in [7, 11) is 1.57. The van der Waals surface area contributed by atoms with Gasteiger partial charge >= 0.3 is 0 Å². The van der Waals surface area contributed by atoms with Crippen molar-refractivity contribution in [2.24, 2.45) is 5.92 Å². The fraction of sp³-hybridized carbons (Fsp3) is 0.421. The van der Waals surface area contributed by atoms with Gasteiger partial charge in [0, 0.05) is 43.9 Å². The van der Waals surface area contributed by atoms with Crippen molar-refractivity contribution in [2.75, 3.05) is 20.2 Å². The number of ether oxygens (including phenoxy) is 1. The molecule has 1 aromatic carbocycles. The number of methoxy groups -OCH3 is 1. The highest BCUT2D eigenvalue weighted by atomic mass is 16.5. The minimum Gasteiger partial charge on any atom is -0.504 e. The number of rotatable bonds is 3. The van der Waals surface area contributed by atoms with Crippen LogP contribution < -0.4 is 10.3 Å². The van der Waals surface area contributed by atoms with Gasteiger partial charge in [0.25, 0.3) is 5.56 Å². The quantitative estimate of drug-likeness (QED) is 0.939. The van der Waals surface area contributed by atoms with E-state index in [0.29, 0.717) is 17.6 Å². The molecule has 0 amide bonds. The summed E-state index contributed by atoms with van der Waals surface area (Å²) in [6.45, 7) is 3.62. The lowest BCUT2D eigenvalue weighted by Gasteiger charge is -2.42. The average molecular weight is 326 g/mol. The number of aromatic nitrogens is 1. The molecule has 4 rings (SSSR count). The van der Waals surface area contributed by atoms with E-state index < -0.39 is 0 Å². The van der Waals surface area contributed by atoms with Crippen molar-refractivity contribution < 1.29 is 9.84 Å². The van der Waals surface area contributed by atoms with Gasteiger partial charge < -0.3 is 14.4 Å². The zero-order valence-corrected chi connectivity index (χ0v) is 13.8. The Morgan fingerprint density at radius 1 is 1.21 bits per heavy atom. The molecular weight excluding hydrogens is 304 g/mol. The topological polar surface area (TPSA) is 54.7 Å². The predicted octanol–water partition coefficient (Wildman–Crippen LogP) is 2.18. The van der Waals surface area contributed by atoms with Crippen LogP contribution in [0.1, 0.15) is 23.6 Å². The van der Waals surface area contributed by atoms with Gasteiger partial charge in [-0.2, -0.15) is 0 Å². The first-order valence-corrected chi connectivity index (χ1v) is 8.42. The molecule has 1 fully saturated rings. The Kier molecular flexibility index (Phi) is 3.81. The van der Waals surface area contributed by atoms with E-state index in [9.17, 15) is 9.90 Å². The summed E-state index contributed by atoms with van der Waals surface area (Å²) in [5, 5.41) is 9.74. The summed E-state index contributed by atoms with van der Waals surface area (Å²) in [6, 6.07) is 11.2. The number of pyridine rings is 1. The summed E-state index contributed by atoms with van der Waals surface area (Å²) in [5.41, 5.74) is 2.43. The molecule has 2 atom stereocenters. The first-order chi connectivity index (χ1) is 11.6. The molecule has 2 aliphatic heterocycles. The van der Waals surface area contributed by atoms with Crippen LogP contribution in [-0.2, 0) is 13.1 Å². The number of hydrogen-bond acceptors (Lipinski definition) is 4. The van der Waals surface area contributed by atoms with Gasteiger partial charge in [0.1, 0.15) is 0 Å². The van der Waals surface area contributed by atoms with Crippen LogP contribution in [-0.4, -0.2) is 34.8 Å². The molecule has 2 aromatic rings. The molecule has 2 aliphatic rings. The van der Waals surface area contributed by atoms with Crippen molar-refractivity contribution in [3.05, 3.63) is 58.0 Å². The van der Waals surface area contributed by atoms with E-state index in [2.05, 4.69) is 11.0 Å². The van der Waals surface area contributed by atoms with E-state index in [4.69, 9.17) is 4.74 Å². The number of phenols is 1. The van der Waals surface area contributed by atoms with Crippen LogP contribution >= 0.6 is 0 Å². The summed E-state index contributed by atoms with van der Waals surface area (Å²) in [5.74, 6) is 1.63. The van der Waals surface area contributed by atoms with Gasteiger partial charge in [-0.1, -0.05) is 12.1 Å². The molecule has 0 saturated carbocycles. The summed E-state index contributed by atoms with van der Waals surface area (Å²) >= 11 is 0. The lowest BCUT2D eigenvalue weighted by Crippen LogP contribution is -2.46. The van der Waals surface area contributed by atoms with Crippen LogP contribution in [0.5, 0.6) is 11.5 Å². The van der Waals surface area contributed by atoms with Crippen molar-refractivity contribution in [1.82, 2.24) is 9.47 Å². The third kappa shape index (κ3) is 2.69. The van der Waals surface area contributed by atoms with Gasteiger partial charge in [-0.25, -0.2) is 0 Å². The van der Waals surface area contributed by atoms with E-state index in [-0.39, 0.29) is 11.3 Å². The highest BCUT2D eigenvalue weighted by molar-refractivity contribution is 5.41. The highest BCUT2D eigenvalue weighted by Gasteiger charge is 2.34. The molecule has 1 aromatic heterocycles. The molecule has 2 unspecified atom stereocenters. The summed E-state index contributed by atoms with van der Waals surface area (Å²) in [6.07, 6.45) is 1.17. The van der Waals surface area contributed by atoms with Crippen molar-refractivity contribution in [3.8, 4) is 11.5 Å². The Hall–Kier alpha value is -2.27. The van der Waals surface area contributed by atoms with Gasteiger partial charge in [0.15, 0.2) is 11.5 Å². The molecule has 0 radical (unpaired) electrons. The Morgan fingerprint density at radius 2 is 2.08 bits per heavy atom. The SMILES string of the molecule is COc1cc(CN2CC3CC(C2)c2cccc(=O)n2C3)ccc1O. The van der Waals surface area contributed by atoms with Gasteiger partial charge in [-0.15, -0.1) is 0 Å². The van der Waals surface area contributed by atoms with Gasteiger partial charge in [0.2, 0.25) is 0 Å². The second kappa shape index (κ2) is 5.98. The van der Waals surface area contributed by atoms with Crippen LogP contribution in [0.25, 0.3) is 0 Å². The van der Waals surface area contributed by atoms with Crippen LogP contribution in [0.2, 0.25) is 0 Å². The summed E-state index contributed by atoms with van der Waals surface area (Å²) in [4.78, 5) is 14.5. The molecule has 1 N–H and O–H groups in total. The number of hydrogen-bond donors (Lipinski definition) is 1. The maximum Gasteiger partial charge on any atom is 0.250 e. The van der Waals surface area contributed by atoms with E-state index in [1.807, 2.05) is 22.8 Å². The normalized spacial score (nSPS) is 22.9. The average Bonchev–Trinajstić information content (AvgIpc) is 2.57. The Labute approximate surface area is 141 Å². The number of benzene rings is 1. The molecule has 5 nitrogen and oxygen atoms in total. The third-order valence-electron chi connectivity index (χ3n) is 5.21. The maximum absolute atomic E-state index is 12.1. The van der Waals surface area contributed by atoms with Crippen LogP contribution in [0.4, 0.5) is 0 Å². The fourth-order valence-corrected chi connectivity index (χ4v) is 4.20. The third-order valence-corrected chi connectivity index (χ3v) is 5.21. The Bertz CT molecular complexity index is 814. The number of nitrogens with zero attached hydrogens (tertiary/aromatic N) is 2. The second-order valence-corrected chi connectivity index (χ2v) is 6.90. The summed E-state index contributed by atoms with van der Waals surface area (Å²) < 4.78 is 7.16. The molecule has 1 saturated heterocycles. The van der Waals surface area contributed by atoms with Gasteiger partial charge in [-0.05, 0) is 36.1 Å². The Morgan fingerprint density at radius 3 is 2.92 bits per heavy atom. The smallest absolute Gasteiger partial charge is 0.250 e. The van der Waals surface area contributed by atoms with Gasteiger partial charge in [-0.3, -0.25) is 9.69 Å². The number of piperidine rings is 1. The molecule has 2 bridgehead atoms. The zero-order chi connectivity index (χ0) is 16.7. The van der Waals surface area contributed by atoms with E-state index in [1.54, 1.807) is 19.2 Å². The molecule has 0 aliphatic carbocycles. The monoisotopic (exact) mass is 326 g/mol. The Balaban J connectivity index is 1.55. The van der Waals surface area contributed by atoms with E-state index >= 15 is 0 Å². The number of phenolic OH excluding ortho intramolecular Hbond substituents is 1. The number of fused-ring (bicyclic) bond motifs is 4. The van der Waals surface area contributed by atoms with Crippen LogP contribution in [0, 0.1) is 5.92 Å². The molecule has 24 heavy (non-hydrogen) atoms. The fourth-order valence-electron chi connectivity index (χ4n) is 4.20. The molecule has 3 heterocycles. The predicted molar refractivity (Wildman–Crippen MR) is 91.5 cm³/mol. The van der Waals surface area contributed by atoms with Crippen LogP contribution in [0.15, 0.2) is 41.2 Å². The second-order valence-electron chi connectivity index (χ2n) is 6.90. The standard InChI is InChI=1S/C19H22N2O3/c1-24-18-8-13(5-6-17(18)22)9-20-10-14-7-15(12-20)16-3-2-4-19(23)21(16)11-14/h2-6,8,14-15,22H,7,9-12H2,1H3. The number of aromatic hydroxyl groups is 1. The highest BCUT2D eigenvalue weighted by Crippen LogP contribution is 2.36. The first-order valence-electron chi connectivity index (χ1n) is 8.42. The maximum atomic E-state index is 12.1. The van der Waals surface area contributed by atoms with Crippen molar-refractivity contribution in [1.29, 1.82) is 0 Å². The lowest BCUT2D eigenvalue weighted by atomic mass is 9.83. The minimum absolute atomic E-state index is 0.124. The first kappa shape index (κ1) is 15.3. The minimum atomic E-state index is 0.124. The van der Waals surface area contributed by atoms with E-state index in [1.165, 1.54) is 12.1 Å².